The van der Waals surface area contributed by atoms with Crippen molar-refractivity contribution in [2.45, 2.75) is 30.6 Å². The third-order valence-corrected chi connectivity index (χ3v) is 4.24. The van der Waals surface area contributed by atoms with Gasteiger partial charge >= 0.3 is 0 Å². The minimum atomic E-state index is 0.734. The zero-order chi connectivity index (χ0) is 13.1. The first-order chi connectivity index (χ1) is 8.60. The number of hydrogen-bond acceptors (Lipinski definition) is 2. The van der Waals surface area contributed by atoms with Gasteiger partial charge in [-0.05, 0) is 50.1 Å². The second kappa shape index (κ2) is 5.40. The number of aryl methyl sites for hydroxylation is 3. The Balaban J connectivity index is 2.31. The van der Waals surface area contributed by atoms with Crippen molar-refractivity contribution < 1.29 is 4.79 Å². The predicted molar refractivity (Wildman–Crippen MR) is 76.6 cm³/mol. The standard InChI is InChI=1S/C16H16OS/c1-11-4-6-15(12(2)8-11)18-16-7-5-14(10-17)9-13(16)3/h4-10H,1-3H3. The van der Waals surface area contributed by atoms with Gasteiger partial charge in [0.25, 0.3) is 0 Å². The van der Waals surface area contributed by atoms with E-state index in [0.717, 1.165) is 17.4 Å². The number of hydrogen-bond donors (Lipinski definition) is 0. The van der Waals surface area contributed by atoms with Crippen molar-refractivity contribution in [2.24, 2.45) is 0 Å². The molecule has 18 heavy (non-hydrogen) atoms. The van der Waals surface area contributed by atoms with E-state index in [1.807, 2.05) is 25.1 Å². The molecule has 0 aromatic heterocycles. The fourth-order valence-electron chi connectivity index (χ4n) is 1.89. The lowest BCUT2D eigenvalue weighted by molar-refractivity contribution is 0.112. The van der Waals surface area contributed by atoms with E-state index in [1.54, 1.807) is 11.8 Å². The highest BCUT2D eigenvalue weighted by Crippen LogP contribution is 2.32. The van der Waals surface area contributed by atoms with Gasteiger partial charge in [-0.1, -0.05) is 35.5 Å². The fourth-order valence-corrected chi connectivity index (χ4v) is 2.84. The fraction of sp³-hybridized carbons (Fsp3) is 0.188. The molecular weight excluding hydrogens is 240 g/mol. The molecule has 0 amide bonds. The van der Waals surface area contributed by atoms with Crippen LogP contribution in [0.15, 0.2) is 46.2 Å². The second-order valence-electron chi connectivity index (χ2n) is 4.51. The summed E-state index contributed by atoms with van der Waals surface area (Å²) in [5.74, 6) is 0. The summed E-state index contributed by atoms with van der Waals surface area (Å²) < 4.78 is 0. The molecule has 0 spiro atoms. The summed E-state index contributed by atoms with van der Waals surface area (Å²) in [5, 5.41) is 0. The summed E-state index contributed by atoms with van der Waals surface area (Å²) in [4.78, 5) is 13.2. The van der Waals surface area contributed by atoms with Crippen LogP contribution in [0.1, 0.15) is 27.0 Å². The van der Waals surface area contributed by atoms with Crippen LogP contribution in [0.5, 0.6) is 0 Å². The van der Waals surface area contributed by atoms with Crippen molar-refractivity contribution in [3.63, 3.8) is 0 Å². The summed E-state index contributed by atoms with van der Waals surface area (Å²) in [6, 6.07) is 12.3. The monoisotopic (exact) mass is 256 g/mol. The van der Waals surface area contributed by atoms with Crippen molar-refractivity contribution in [1.82, 2.24) is 0 Å². The van der Waals surface area contributed by atoms with Crippen LogP contribution < -0.4 is 0 Å². The Morgan fingerprint density at radius 2 is 1.50 bits per heavy atom. The highest BCUT2D eigenvalue weighted by molar-refractivity contribution is 7.99. The van der Waals surface area contributed by atoms with Gasteiger partial charge in [0.05, 0.1) is 0 Å². The summed E-state index contributed by atoms with van der Waals surface area (Å²) in [6.45, 7) is 6.27. The molecule has 2 rings (SSSR count). The van der Waals surface area contributed by atoms with Gasteiger partial charge in [0.15, 0.2) is 0 Å². The molecule has 1 nitrogen and oxygen atoms in total. The van der Waals surface area contributed by atoms with Gasteiger partial charge in [-0.25, -0.2) is 0 Å². The molecule has 0 unspecified atom stereocenters. The van der Waals surface area contributed by atoms with Gasteiger partial charge in [0, 0.05) is 15.4 Å². The molecular formula is C16H16OS. The number of aldehydes is 1. The first kappa shape index (κ1) is 12.9. The molecule has 0 aliphatic rings. The molecule has 0 heterocycles. The molecule has 0 fully saturated rings. The highest BCUT2D eigenvalue weighted by Gasteiger charge is 2.05. The number of carbonyl (C=O) groups is 1. The molecule has 0 atom stereocenters. The van der Waals surface area contributed by atoms with E-state index in [0.29, 0.717) is 0 Å². The smallest absolute Gasteiger partial charge is 0.150 e. The van der Waals surface area contributed by atoms with Crippen LogP contribution in [0.4, 0.5) is 0 Å². The maximum absolute atomic E-state index is 10.7. The van der Waals surface area contributed by atoms with Crippen molar-refractivity contribution in [3.05, 3.63) is 58.7 Å². The Morgan fingerprint density at radius 1 is 0.889 bits per heavy atom. The lowest BCUT2D eigenvalue weighted by Gasteiger charge is -2.09. The van der Waals surface area contributed by atoms with E-state index in [1.165, 1.54) is 20.9 Å². The van der Waals surface area contributed by atoms with E-state index in [4.69, 9.17) is 0 Å². The van der Waals surface area contributed by atoms with Gasteiger partial charge in [0.1, 0.15) is 6.29 Å². The summed E-state index contributed by atoms with van der Waals surface area (Å²) >= 11 is 1.75. The maximum atomic E-state index is 10.7. The number of rotatable bonds is 3. The van der Waals surface area contributed by atoms with E-state index in [2.05, 4.69) is 32.0 Å². The Hall–Kier alpha value is -1.54. The Labute approximate surface area is 112 Å². The number of carbonyl (C=O) groups excluding carboxylic acids is 1. The van der Waals surface area contributed by atoms with Gasteiger partial charge < -0.3 is 0 Å². The molecule has 0 N–H and O–H groups in total. The summed E-state index contributed by atoms with van der Waals surface area (Å²) in [6.07, 6.45) is 0.887. The summed E-state index contributed by atoms with van der Waals surface area (Å²) in [7, 11) is 0. The van der Waals surface area contributed by atoms with Gasteiger partial charge in [-0.15, -0.1) is 0 Å². The Morgan fingerprint density at radius 3 is 2.06 bits per heavy atom. The predicted octanol–water partition coefficient (Wildman–Crippen LogP) is 4.58. The summed E-state index contributed by atoms with van der Waals surface area (Å²) in [5.41, 5.74) is 4.45. The SMILES string of the molecule is Cc1ccc(Sc2ccc(C=O)cc2C)c(C)c1. The van der Waals surface area contributed by atoms with Gasteiger partial charge in [-0.2, -0.15) is 0 Å². The van der Waals surface area contributed by atoms with Crippen LogP contribution in [-0.2, 0) is 0 Å². The second-order valence-corrected chi connectivity index (χ2v) is 5.60. The van der Waals surface area contributed by atoms with E-state index in [-0.39, 0.29) is 0 Å². The first-order valence-electron chi connectivity index (χ1n) is 5.91. The maximum Gasteiger partial charge on any atom is 0.150 e. The van der Waals surface area contributed by atoms with Gasteiger partial charge in [-0.3, -0.25) is 4.79 Å². The van der Waals surface area contributed by atoms with Crippen molar-refractivity contribution in [2.75, 3.05) is 0 Å². The molecule has 0 saturated carbocycles. The molecule has 2 aromatic carbocycles. The number of benzene rings is 2. The largest absolute Gasteiger partial charge is 0.298 e. The molecule has 0 aliphatic carbocycles. The Bertz CT molecular complexity index is 588. The molecule has 0 aliphatic heterocycles. The third kappa shape index (κ3) is 2.82. The zero-order valence-electron chi connectivity index (χ0n) is 10.9. The zero-order valence-corrected chi connectivity index (χ0v) is 11.7. The molecule has 0 saturated heterocycles. The normalized spacial score (nSPS) is 10.4. The van der Waals surface area contributed by atoms with E-state index >= 15 is 0 Å². The third-order valence-electron chi connectivity index (χ3n) is 2.89. The molecule has 0 radical (unpaired) electrons. The lowest BCUT2D eigenvalue weighted by atomic mass is 10.1. The Kier molecular flexibility index (Phi) is 3.87. The minimum Gasteiger partial charge on any atom is -0.298 e. The quantitative estimate of drug-likeness (QED) is 0.748. The van der Waals surface area contributed by atoms with Crippen LogP contribution >= 0.6 is 11.8 Å². The van der Waals surface area contributed by atoms with Crippen molar-refractivity contribution in [1.29, 1.82) is 0 Å². The highest BCUT2D eigenvalue weighted by atomic mass is 32.2. The van der Waals surface area contributed by atoms with E-state index < -0.39 is 0 Å². The average Bonchev–Trinajstić information content (AvgIpc) is 2.34. The van der Waals surface area contributed by atoms with Gasteiger partial charge in [0.2, 0.25) is 0 Å². The van der Waals surface area contributed by atoms with Crippen LogP contribution in [0, 0.1) is 20.8 Å². The molecule has 2 aromatic rings. The van der Waals surface area contributed by atoms with Crippen LogP contribution in [0.25, 0.3) is 0 Å². The molecule has 92 valence electrons. The topological polar surface area (TPSA) is 17.1 Å². The van der Waals surface area contributed by atoms with Crippen LogP contribution in [0.2, 0.25) is 0 Å². The molecule has 2 heteroatoms. The van der Waals surface area contributed by atoms with E-state index in [9.17, 15) is 4.79 Å². The minimum absolute atomic E-state index is 0.734. The van der Waals surface area contributed by atoms with Crippen molar-refractivity contribution >= 4 is 18.0 Å². The van der Waals surface area contributed by atoms with Crippen LogP contribution in [0.3, 0.4) is 0 Å². The first-order valence-corrected chi connectivity index (χ1v) is 6.73. The lowest BCUT2D eigenvalue weighted by Crippen LogP contribution is -1.86. The van der Waals surface area contributed by atoms with Crippen LogP contribution in [-0.4, -0.2) is 6.29 Å². The molecule has 0 bridgehead atoms. The average molecular weight is 256 g/mol. The van der Waals surface area contributed by atoms with Crippen molar-refractivity contribution in [3.8, 4) is 0 Å².